The molecule has 3 N–H and O–H groups in total. The van der Waals surface area contributed by atoms with E-state index < -0.39 is 28.0 Å². The van der Waals surface area contributed by atoms with Crippen LogP contribution in [0, 0.1) is 6.92 Å². The molecule has 0 aliphatic carbocycles. The Balaban J connectivity index is 1.72. The van der Waals surface area contributed by atoms with Crippen molar-refractivity contribution in [2.24, 2.45) is 5.14 Å². The summed E-state index contributed by atoms with van der Waals surface area (Å²) in [7, 11) is -3.82. The number of fused-ring (bicyclic) bond motifs is 1. The maximum absolute atomic E-state index is 12.6. The summed E-state index contributed by atoms with van der Waals surface area (Å²) in [5, 5.41) is 8.23. The van der Waals surface area contributed by atoms with Gasteiger partial charge in [-0.05, 0) is 50.2 Å². The molecule has 0 unspecified atom stereocenters. The van der Waals surface area contributed by atoms with Gasteiger partial charge in [0, 0.05) is 16.8 Å². The Morgan fingerprint density at radius 1 is 1.10 bits per heavy atom. The zero-order valence-corrected chi connectivity index (χ0v) is 16.6. The monoisotopic (exact) mass is 413 g/mol. The summed E-state index contributed by atoms with van der Waals surface area (Å²) in [5.41, 5.74) is 1.98. The van der Waals surface area contributed by atoms with Crippen LogP contribution in [0.4, 0.5) is 5.69 Å². The van der Waals surface area contributed by atoms with Gasteiger partial charge in [-0.2, -0.15) is 0 Å². The normalized spacial score (nSPS) is 12.4. The zero-order valence-electron chi connectivity index (χ0n) is 15.7. The highest BCUT2D eigenvalue weighted by Crippen LogP contribution is 2.20. The van der Waals surface area contributed by atoms with Crippen LogP contribution in [0.1, 0.15) is 23.0 Å². The predicted octanol–water partition coefficient (Wildman–Crippen LogP) is 2.37. The molecular formula is C20H19N3O5S. The second-order valence-corrected chi connectivity index (χ2v) is 8.00. The molecule has 0 saturated carbocycles. The van der Waals surface area contributed by atoms with Crippen LogP contribution in [0.25, 0.3) is 10.9 Å². The van der Waals surface area contributed by atoms with Crippen molar-refractivity contribution in [1.29, 1.82) is 0 Å². The van der Waals surface area contributed by atoms with Gasteiger partial charge in [0.1, 0.15) is 0 Å². The van der Waals surface area contributed by atoms with Crippen LogP contribution in [0.15, 0.2) is 59.5 Å². The Hall–Kier alpha value is -3.30. The number of sulfonamides is 1. The highest BCUT2D eigenvalue weighted by molar-refractivity contribution is 7.89. The Kier molecular flexibility index (Phi) is 5.62. The minimum Gasteiger partial charge on any atom is -0.449 e. The molecule has 0 spiro atoms. The minimum absolute atomic E-state index is 0.0742. The highest BCUT2D eigenvalue weighted by atomic mass is 32.2. The summed E-state index contributed by atoms with van der Waals surface area (Å²) in [6.07, 6.45) is -1.08. The van der Waals surface area contributed by atoms with Gasteiger partial charge < -0.3 is 10.1 Å². The van der Waals surface area contributed by atoms with Crippen LogP contribution in [-0.2, 0) is 19.6 Å². The number of amides is 1. The van der Waals surface area contributed by atoms with Crippen molar-refractivity contribution in [3.63, 3.8) is 0 Å². The highest BCUT2D eigenvalue weighted by Gasteiger charge is 2.21. The van der Waals surface area contributed by atoms with Crippen LogP contribution in [0.3, 0.4) is 0 Å². The molecule has 0 aliphatic rings. The van der Waals surface area contributed by atoms with Crippen molar-refractivity contribution >= 4 is 38.5 Å². The molecule has 0 aliphatic heterocycles. The van der Waals surface area contributed by atoms with Crippen LogP contribution >= 0.6 is 0 Å². The number of hydrogen-bond donors (Lipinski definition) is 2. The number of pyridine rings is 1. The molecule has 1 atom stereocenters. The quantitative estimate of drug-likeness (QED) is 0.618. The predicted molar refractivity (Wildman–Crippen MR) is 108 cm³/mol. The number of nitrogens with two attached hydrogens (primary N) is 1. The van der Waals surface area contributed by atoms with E-state index in [-0.39, 0.29) is 4.90 Å². The topological polar surface area (TPSA) is 128 Å². The van der Waals surface area contributed by atoms with E-state index in [0.717, 1.165) is 0 Å². The van der Waals surface area contributed by atoms with Gasteiger partial charge in [0.05, 0.1) is 16.0 Å². The average molecular weight is 413 g/mol. The number of rotatable bonds is 5. The van der Waals surface area contributed by atoms with Crippen LogP contribution in [-0.4, -0.2) is 31.4 Å². The third kappa shape index (κ3) is 4.76. The number of para-hydroxylation sites is 1. The fourth-order valence-corrected chi connectivity index (χ4v) is 3.24. The summed E-state index contributed by atoms with van der Waals surface area (Å²) in [5.74, 6) is -1.20. The smallest absolute Gasteiger partial charge is 0.339 e. The van der Waals surface area contributed by atoms with Gasteiger partial charge in [-0.3, -0.25) is 9.78 Å². The Morgan fingerprint density at radius 2 is 1.76 bits per heavy atom. The lowest BCUT2D eigenvalue weighted by Crippen LogP contribution is -2.30. The van der Waals surface area contributed by atoms with Gasteiger partial charge in [-0.1, -0.05) is 18.2 Å². The zero-order chi connectivity index (χ0) is 21.2. The number of esters is 1. The molecule has 9 heteroatoms. The van der Waals surface area contributed by atoms with Gasteiger partial charge in [-0.15, -0.1) is 0 Å². The number of aryl methyl sites for hydroxylation is 1. The number of ether oxygens (including phenoxy) is 1. The Labute approximate surface area is 167 Å². The number of anilines is 1. The lowest BCUT2D eigenvalue weighted by atomic mass is 10.1. The first-order valence-corrected chi connectivity index (χ1v) is 10.2. The molecule has 0 radical (unpaired) electrons. The van der Waals surface area contributed by atoms with Gasteiger partial charge in [0.2, 0.25) is 10.0 Å². The third-order valence-electron chi connectivity index (χ3n) is 4.17. The summed E-state index contributed by atoms with van der Waals surface area (Å²) in [4.78, 5) is 29.3. The van der Waals surface area contributed by atoms with Crippen molar-refractivity contribution in [2.45, 2.75) is 24.8 Å². The van der Waals surface area contributed by atoms with Crippen LogP contribution in [0.5, 0.6) is 0 Å². The molecule has 29 heavy (non-hydrogen) atoms. The molecule has 1 amide bonds. The van der Waals surface area contributed by atoms with Crippen LogP contribution < -0.4 is 10.5 Å². The van der Waals surface area contributed by atoms with E-state index in [2.05, 4.69) is 10.3 Å². The number of primary sulfonamides is 1. The van der Waals surface area contributed by atoms with E-state index in [4.69, 9.17) is 9.88 Å². The molecule has 8 nitrogen and oxygen atoms in total. The summed E-state index contributed by atoms with van der Waals surface area (Å²) in [6.45, 7) is 3.22. The number of hydrogen-bond acceptors (Lipinski definition) is 6. The standard InChI is InChI=1S/C20H19N3O5S/c1-12-11-17(16-5-3-4-6-18(16)22-12)20(25)28-13(2)19(24)23-14-7-9-15(10-8-14)29(21,26)27/h3-11,13H,1-2H3,(H,23,24)(H2,21,26,27)/t13-/m1/s1. The van der Waals surface area contributed by atoms with E-state index in [1.807, 2.05) is 6.07 Å². The van der Waals surface area contributed by atoms with Gasteiger partial charge in [0.15, 0.2) is 6.10 Å². The van der Waals surface area contributed by atoms with Crippen molar-refractivity contribution in [3.8, 4) is 0 Å². The Bertz CT molecular complexity index is 1190. The number of nitrogens with one attached hydrogen (secondary N) is 1. The molecule has 3 rings (SSSR count). The first-order chi connectivity index (χ1) is 13.6. The van der Waals surface area contributed by atoms with Crippen molar-refractivity contribution < 1.29 is 22.7 Å². The molecule has 0 bridgehead atoms. The molecule has 2 aromatic carbocycles. The van der Waals surface area contributed by atoms with E-state index in [9.17, 15) is 18.0 Å². The molecule has 1 aromatic heterocycles. The maximum Gasteiger partial charge on any atom is 0.339 e. The second kappa shape index (κ2) is 7.98. The first-order valence-electron chi connectivity index (χ1n) is 8.66. The number of benzene rings is 2. The summed E-state index contributed by atoms with van der Waals surface area (Å²) >= 11 is 0. The van der Waals surface area contributed by atoms with E-state index in [1.165, 1.54) is 31.2 Å². The summed E-state index contributed by atoms with van der Waals surface area (Å²) in [6, 6.07) is 14.1. The lowest BCUT2D eigenvalue weighted by molar-refractivity contribution is -0.123. The van der Waals surface area contributed by atoms with E-state index in [0.29, 0.717) is 27.8 Å². The van der Waals surface area contributed by atoms with Crippen molar-refractivity contribution in [2.75, 3.05) is 5.32 Å². The maximum atomic E-state index is 12.6. The molecule has 1 heterocycles. The SMILES string of the molecule is Cc1cc(C(=O)O[C@H](C)C(=O)Nc2ccc(S(N)(=O)=O)cc2)c2ccccc2n1. The van der Waals surface area contributed by atoms with Crippen molar-refractivity contribution in [3.05, 3.63) is 65.9 Å². The van der Waals surface area contributed by atoms with Gasteiger partial charge in [0.25, 0.3) is 5.91 Å². The fraction of sp³-hybridized carbons (Fsp3) is 0.150. The number of nitrogens with zero attached hydrogens (tertiary/aromatic N) is 1. The molecule has 3 aromatic rings. The third-order valence-corrected chi connectivity index (χ3v) is 5.10. The second-order valence-electron chi connectivity index (χ2n) is 6.43. The fourth-order valence-electron chi connectivity index (χ4n) is 2.73. The first kappa shape index (κ1) is 20.4. The number of carbonyl (C=O) groups is 2. The minimum atomic E-state index is -3.82. The van der Waals surface area contributed by atoms with E-state index >= 15 is 0 Å². The Morgan fingerprint density at radius 3 is 2.41 bits per heavy atom. The molecule has 0 fully saturated rings. The molecular weight excluding hydrogens is 394 g/mol. The molecule has 0 saturated heterocycles. The lowest BCUT2D eigenvalue weighted by Gasteiger charge is -2.15. The van der Waals surface area contributed by atoms with Crippen LogP contribution in [0.2, 0.25) is 0 Å². The largest absolute Gasteiger partial charge is 0.449 e. The average Bonchev–Trinajstić information content (AvgIpc) is 2.66. The van der Waals surface area contributed by atoms with Crippen molar-refractivity contribution in [1.82, 2.24) is 4.98 Å². The van der Waals surface area contributed by atoms with E-state index in [1.54, 1.807) is 31.2 Å². The summed E-state index contributed by atoms with van der Waals surface area (Å²) < 4.78 is 27.9. The molecule has 150 valence electrons. The number of aromatic nitrogens is 1. The number of carbonyl (C=O) groups excluding carboxylic acids is 2. The van der Waals surface area contributed by atoms with Gasteiger partial charge in [-0.25, -0.2) is 18.4 Å². The van der Waals surface area contributed by atoms with Gasteiger partial charge >= 0.3 is 5.97 Å².